The third-order valence-corrected chi connectivity index (χ3v) is 4.68. The van der Waals surface area contributed by atoms with E-state index in [0.717, 1.165) is 18.4 Å². The summed E-state index contributed by atoms with van der Waals surface area (Å²) < 4.78 is 21.4. The Labute approximate surface area is 140 Å². The van der Waals surface area contributed by atoms with Crippen molar-refractivity contribution in [3.8, 4) is 0 Å². The Balaban J connectivity index is 2.31. The van der Waals surface area contributed by atoms with E-state index in [4.69, 9.17) is 9.26 Å². The van der Waals surface area contributed by atoms with E-state index in [1.165, 1.54) is 32.8 Å². The molecule has 1 unspecified atom stereocenters. The Hall–Kier alpha value is -1.25. The number of unbranched alkanes of at least 4 members (excludes halogenated alkanes) is 5. The van der Waals surface area contributed by atoms with Crippen molar-refractivity contribution >= 4 is 14.0 Å². The lowest BCUT2D eigenvalue weighted by Gasteiger charge is -2.06. The van der Waals surface area contributed by atoms with Gasteiger partial charge in [0, 0.05) is 6.42 Å². The zero-order valence-electron chi connectivity index (χ0n) is 14.3. The van der Waals surface area contributed by atoms with Crippen LogP contribution in [0, 0.1) is 0 Å². The normalized spacial score (nSPS) is 11.3. The van der Waals surface area contributed by atoms with Crippen LogP contribution in [0.5, 0.6) is 0 Å². The zero-order chi connectivity index (χ0) is 16.9. The summed E-state index contributed by atoms with van der Waals surface area (Å²) in [6, 6.07) is 7.31. The third kappa shape index (κ3) is 8.83. The zero-order valence-corrected chi connectivity index (χ0v) is 15.1. The highest BCUT2D eigenvalue weighted by atomic mass is 31.1. The van der Waals surface area contributed by atoms with Crippen molar-refractivity contribution in [2.24, 2.45) is 0 Å². The molecule has 0 spiro atoms. The third-order valence-electron chi connectivity index (χ3n) is 3.68. The van der Waals surface area contributed by atoms with Gasteiger partial charge in [-0.1, -0.05) is 51.2 Å². The van der Waals surface area contributed by atoms with Crippen LogP contribution in [0.15, 0.2) is 24.3 Å². The van der Waals surface area contributed by atoms with Gasteiger partial charge in [-0.25, -0.2) is 4.79 Å². The van der Waals surface area contributed by atoms with Gasteiger partial charge in [0.2, 0.25) is 0 Å². The van der Waals surface area contributed by atoms with E-state index < -0.39 is 8.03 Å². The van der Waals surface area contributed by atoms with Gasteiger partial charge in [0.1, 0.15) is 0 Å². The summed E-state index contributed by atoms with van der Waals surface area (Å²) in [5, 5.41) is 0. The van der Waals surface area contributed by atoms with Crippen molar-refractivity contribution in [2.75, 3.05) is 19.9 Å². The van der Waals surface area contributed by atoms with E-state index in [1.807, 2.05) is 18.2 Å². The molecule has 1 rings (SSSR count). The van der Waals surface area contributed by atoms with Crippen molar-refractivity contribution < 1.29 is 18.6 Å². The van der Waals surface area contributed by atoms with Crippen molar-refractivity contribution in [1.82, 2.24) is 0 Å². The first-order chi connectivity index (χ1) is 11.2. The smallest absolute Gasteiger partial charge is 0.462 e. The number of benzene rings is 1. The maximum atomic E-state index is 12.0. The van der Waals surface area contributed by atoms with Crippen LogP contribution in [0.4, 0.5) is 0 Å². The maximum Gasteiger partial charge on any atom is 0.508 e. The van der Waals surface area contributed by atoms with E-state index in [2.05, 4.69) is 6.92 Å². The lowest BCUT2D eigenvalue weighted by Crippen LogP contribution is -2.07. The fourth-order valence-corrected chi connectivity index (χ4v) is 2.92. The van der Waals surface area contributed by atoms with Crippen molar-refractivity contribution in [3.05, 3.63) is 35.4 Å². The van der Waals surface area contributed by atoms with Crippen molar-refractivity contribution in [1.29, 1.82) is 0 Å². The quantitative estimate of drug-likeness (QED) is 0.301. The molecule has 0 aromatic heterocycles. The van der Waals surface area contributed by atoms with Crippen LogP contribution in [-0.2, 0) is 20.2 Å². The molecule has 0 saturated heterocycles. The summed E-state index contributed by atoms with van der Waals surface area (Å²) in [6.07, 6.45) is 8.10. The van der Waals surface area contributed by atoms with Crippen LogP contribution in [-0.4, -0.2) is 25.8 Å². The molecule has 0 aliphatic heterocycles. The second kappa shape index (κ2) is 12.2. The van der Waals surface area contributed by atoms with Gasteiger partial charge >= 0.3 is 14.0 Å². The highest BCUT2D eigenvalue weighted by molar-refractivity contribution is 7.39. The van der Waals surface area contributed by atoms with E-state index >= 15 is 0 Å². The lowest BCUT2D eigenvalue weighted by molar-refractivity contribution is 0.0497. The molecule has 0 fully saturated rings. The van der Waals surface area contributed by atoms with E-state index in [-0.39, 0.29) is 5.97 Å². The predicted octanol–water partition coefficient (Wildman–Crippen LogP) is 5.14. The van der Waals surface area contributed by atoms with Gasteiger partial charge < -0.3 is 4.74 Å². The summed E-state index contributed by atoms with van der Waals surface area (Å²) in [7, 11) is -0.172. The second-order valence-electron chi connectivity index (χ2n) is 5.59. The molecule has 1 aromatic rings. The van der Waals surface area contributed by atoms with Crippen LogP contribution >= 0.6 is 8.03 Å². The van der Waals surface area contributed by atoms with Crippen LogP contribution in [0.3, 0.4) is 0 Å². The molecule has 128 valence electrons. The molecule has 4 nitrogen and oxygen atoms in total. The molecule has 0 N–H and O–H groups in total. The molecule has 5 heteroatoms. The molecule has 0 radical (unpaired) electrons. The monoisotopic (exact) mass is 339 g/mol. The number of esters is 1. The maximum absolute atomic E-state index is 12.0. The minimum atomic E-state index is -1.61. The predicted molar refractivity (Wildman–Crippen MR) is 93.3 cm³/mol. The number of ether oxygens (including phenoxy) is 1. The fraction of sp³-hybridized carbons (Fsp3) is 0.611. The van der Waals surface area contributed by atoms with Gasteiger partial charge in [0.25, 0.3) is 0 Å². The van der Waals surface area contributed by atoms with Crippen LogP contribution < -0.4 is 0 Å². The minimum absolute atomic E-state index is 0.281. The lowest BCUT2D eigenvalue weighted by atomic mass is 10.1. The summed E-state index contributed by atoms with van der Waals surface area (Å²) in [6.45, 7) is 2.67. The number of aryl methyl sites for hydroxylation is 1. The molecule has 0 amide bonds. The standard InChI is InChI=1S/C18H28O4P/c1-3-4-5-6-7-8-13-22-18(19)17-11-9-10-16(15-17)12-14-23(20)21-2/h9-11,15H,3-8,12-14H2,1-2H3/q+1. The minimum Gasteiger partial charge on any atom is -0.462 e. The first kappa shape index (κ1) is 19.8. The number of carbonyl (C=O) groups excluding carboxylic acids is 1. The second-order valence-corrected chi connectivity index (χ2v) is 7.07. The van der Waals surface area contributed by atoms with Gasteiger partial charge in [-0.3, -0.25) is 0 Å². The largest absolute Gasteiger partial charge is 0.508 e. The summed E-state index contributed by atoms with van der Waals surface area (Å²) in [5.74, 6) is -0.281. The Morgan fingerprint density at radius 2 is 1.87 bits per heavy atom. The number of hydrogen-bond donors (Lipinski definition) is 0. The first-order valence-corrected chi connectivity index (χ1v) is 9.78. The number of carbonyl (C=O) groups is 1. The summed E-state index contributed by atoms with van der Waals surface area (Å²) in [5.41, 5.74) is 1.53. The summed E-state index contributed by atoms with van der Waals surface area (Å²) in [4.78, 5) is 12.0. The number of rotatable bonds is 12. The van der Waals surface area contributed by atoms with Gasteiger partial charge in [-0.05, 0) is 28.7 Å². The van der Waals surface area contributed by atoms with Crippen LogP contribution in [0.1, 0.15) is 61.4 Å². The number of hydrogen-bond acceptors (Lipinski definition) is 4. The molecular formula is C18H28O4P+. The van der Waals surface area contributed by atoms with Crippen LogP contribution in [0.2, 0.25) is 0 Å². The van der Waals surface area contributed by atoms with Crippen molar-refractivity contribution in [3.63, 3.8) is 0 Å². The van der Waals surface area contributed by atoms with Crippen LogP contribution in [0.25, 0.3) is 0 Å². The van der Waals surface area contributed by atoms with E-state index in [9.17, 15) is 9.36 Å². The SMILES string of the molecule is CCCCCCCCOC(=O)c1cccc(CC[P+](=O)OC)c1. The molecule has 1 aromatic carbocycles. The molecule has 23 heavy (non-hydrogen) atoms. The highest BCUT2D eigenvalue weighted by Gasteiger charge is 2.15. The highest BCUT2D eigenvalue weighted by Crippen LogP contribution is 2.22. The van der Waals surface area contributed by atoms with Gasteiger partial charge in [0.05, 0.1) is 19.3 Å². The van der Waals surface area contributed by atoms with Gasteiger partial charge in [-0.15, -0.1) is 4.52 Å². The van der Waals surface area contributed by atoms with Gasteiger partial charge in [0.15, 0.2) is 6.16 Å². The van der Waals surface area contributed by atoms with Gasteiger partial charge in [-0.2, -0.15) is 0 Å². The molecule has 1 atom stereocenters. The molecule has 0 bridgehead atoms. The first-order valence-electron chi connectivity index (χ1n) is 8.42. The molecule has 0 aliphatic rings. The average Bonchev–Trinajstić information content (AvgIpc) is 2.58. The Morgan fingerprint density at radius 1 is 1.13 bits per heavy atom. The van der Waals surface area contributed by atoms with E-state index in [1.54, 1.807) is 6.07 Å². The molecular weight excluding hydrogens is 311 g/mol. The topological polar surface area (TPSA) is 52.6 Å². The molecule has 0 saturated carbocycles. The Kier molecular flexibility index (Phi) is 10.5. The fourth-order valence-electron chi connectivity index (χ4n) is 2.30. The Bertz CT molecular complexity index is 488. The van der Waals surface area contributed by atoms with E-state index in [0.29, 0.717) is 24.8 Å². The average molecular weight is 339 g/mol. The molecule has 0 heterocycles. The Morgan fingerprint density at radius 3 is 2.61 bits per heavy atom. The summed E-state index contributed by atoms with van der Waals surface area (Å²) >= 11 is 0. The van der Waals surface area contributed by atoms with Crippen molar-refractivity contribution in [2.45, 2.75) is 51.9 Å². The molecule has 0 aliphatic carbocycles.